The first kappa shape index (κ1) is 11.4. The van der Waals surface area contributed by atoms with E-state index in [2.05, 4.69) is 30.9 Å². The molecule has 0 saturated heterocycles. The van der Waals surface area contributed by atoms with E-state index >= 15 is 0 Å². The van der Waals surface area contributed by atoms with Crippen LogP contribution in [0.15, 0.2) is 9.10 Å². The van der Waals surface area contributed by atoms with E-state index in [-0.39, 0.29) is 15.6 Å². The number of rotatable bonds is 0. The SMILES string of the molecule is Cc1c(Br)c(C(F)(F)F)c(C)c2nonc12. The van der Waals surface area contributed by atoms with Gasteiger partial charge in [0.25, 0.3) is 0 Å². The van der Waals surface area contributed by atoms with E-state index in [1.54, 1.807) is 0 Å². The monoisotopic (exact) mass is 294 g/mol. The number of hydrogen-bond donors (Lipinski definition) is 0. The van der Waals surface area contributed by atoms with Gasteiger partial charge in [-0.25, -0.2) is 4.63 Å². The Morgan fingerprint density at radius 1 is 1.06 bits per heavy atom. The highest BCUT2D eigenvalue weighted by Crippen LogP contribution is 2.41. The van der Waals surface area contributed by atoms with Crippen molar-refractivity contribution in [3.8, 4) is 0 Å². The summed E-state index contributed by atoms with van der Waals surface area (Å²) >= 11 is 2.94. The zero-order valence-corrected chi connectivity index (χ0v) is 9.90. The molecule has 1 aromatic heterocycles. The van der Waals surface area contributed by atoms with Gasteiger partial charge in [0.05, 0.1) is 5.56 Å². The molecule has 0 unspecified atom stereocenters. The van der Waals surface area contributed by atoms with Gasteiger partial charge in [-0.1, -0.05) is 0 Å². The molecule has 86 valence electrons. The molecular weight excluding hydrogens is 289 g/mol. The zero-order chi connectivity index (χ0) is 12.1. The highest BCUT2D eigenvalue weighted by Gasteiger charge is 2.37. The third-order valence-corrected chi connectivity index (χ3v) is 3.40. The van der Waals surface area contributed by atoms with Crippen molar-refractivity contribution in [3.05, 3.63) is 21.2 Å². The Kier molecular flexibility index (Phi) is 2.45. The molecule has 0 fully saturated rings. The van der Waals surface area contributed by atoms with E-state index in [1.807, 2.05) is 0 Å². The van der Waals surface area contributed by atoms with Crippen molar-refractivity contribution in [2.24, 2.45) is 0 Å². The number of benzene rings is 1. The van der Waals surface area contributed by atoms with Crippen molar-refractivity contribution >= 4 is 27.0 Å². The first-order valence-electron chi connectivity index (χ1n) is 4.32. The summed E-state index contributed by atoms with van der Waals surface area (Å²) in [5.74, 6) is 0. The summed E-state index contributed by atoms with van der Waals surface area (Å²) in [5, 5.41) is 7.07. The van der Waals surface area contributed by atoms with Crippen LogP contribution in [0.2, 0.25) is 0 Å². The zero-order valence-electron chi connectivity index (χ0n) is 8.31. The van der Waals surface area contributed by atoms with Crippen molar-refractivity contribution < 1.29 is 17.8 Å². The molecule has 0 amide bonds. The van der Waals surface area contributed by atoms with Crippen LogP contribution in [0.1, 0.15) is 16.7 Å². The Morgan fingerprint density at radius 3 is 2.06 bits per heavy atom. The quantitative estimate of drug-likeness (QED) is 0.745. The Hall–Kier alpha value is -1.11. The molecule has 16 heavy (non-hydrogen) atoms. The molecule has 0 bridgehead atoms. The van der Waals surface area contributed by atoms with Gasteiger partial charge in [0.1, 0.15) is 11.0 Å². The van der Waals surface area contributed by atoms with Crippen LogP contribution in [0.25, 0.3) is 11.0 Å². The summed E-state index contributed by atoms with van der Waals surface area (Å²) in [7, 11) is 0. The van der Waals surface area contributed by atoms with Crippen LogP contribution in [0.5, 0.6) is 0 Å². The number of hydrogen-bond acceptors (Lipinski definition) is 3. The smallest absolute Gasteiger partial charge is 0.243 e. The van der Waals surface area contributed by atoms with Crippen LogP contribution in [0.3, 0.4) is 0 Å². The predicted octanol–water partition coefficient (Wildman–Crippen LogP) is 3.62. The molecule has 0 N–H and O–H groups in total. The molecule has 0 saturated carbocycles. The molecule has 0 radical (unpaired) electrons. The third-order valence-electron chi connectivity index (χ3n) is 2.41. The van der Waals surface area contributed by atoms with Crippen molar-refractivity contribution in [2.75, 3.05) is 0 Å². The maximum atomic E-state index is 12.8. The van der Waals surface area contributed by atoms with Crippen molar-refractivity contribution in [1.82, 2.24) is 10.3 Å². The average molecular weight is 295 g/mol. The van der Waals surface area contributed by atoms with Gasteiger partial charge < -0.3 is 0 Å². The second-order valence-electron chi connectivity index (χ2n) is 3.40. The summed E-state index contributed by atoms with van der Waals surface area (Å²) in [6.45, 7) is 2.88. The second kappa shape index (κ2) is 3.44. The fraction of sp³-hybridized carbons (Fsp3) is 0.333. The minimum atomic E-state index is -4.43. The summed E-state index contributed by atoms with van der Waals surface area (Å²) in [6, 6.07) is 0. The number of nitrogens with zero attached hydrogens (tertiary/aromatic N) is 2. The lowest BCUT2D eigenvalue weighted by Crippen LogP contribution is -2.10. The number of aryl methyl sites for hydroxylation is 2. The van der Waals surface area contributed by atoms with E-state index in [1.165, 1.54) is 13.8 Å². The Balaban J connectivity index is 2.94. The lowest BCUT2D eigenvalue weighted by Gasteiger charge is -2.13. The molecule has 0 aliphatic heterocycles. The van der Waals surface area contributed by atoms with Crippen LogP contribution >= 0.6 is 15.9 Å². The van der Waals surface area contributed by atoms with Crippen molar-refractivity contribution in [2.45, 2.75) is 20.0 Å². The van der Waals surface area contributed by atoms with Crippen LogP contribution in [-0.2, 0) is 6.18 Å². The van der Waals surface area contributed by atoms with E-state index in [0.717, 1.165) is 0 Å². The van der Waals surface area contributed by atoms with E-state index in [9.17, 15) is 13.2 Å². The minimum absolute atomic E-state index is 0.0132. The van der Waals surface area contributed by atoms with Gasteiger partial charge in [-0.05, 0) is 51.2 Å². The van der Waals surface area contributed by atoms with Gasteiger partial charge in [0, 0.05) is 4.47 Å². The molecule has 7 heteroatoms. The summed E-state index contributed by atoms with van der Waals surface area (Å²) in [6.07, 6.45) is -4.43. The minimum Gasteiger partial charge on any atom is -0.243 e. The summed E-state index contributed by atoms with van der Waals surface area (Å²) < 4.78 is 42.9. The van der Waals surface area contributed by atoms with Gasteiger partial charge >= 0.3 is 6.18 Å². The van der Waals surface area contributed by atoms with E-state index in [0.29, 0.717) is 11.1 Å². The average Bonchev–Trinajstić information content (AvgIpc) is 2.61. The van der Waals surface area contributed by atoms with Crippen LogP contribution in [-0.4, -0.2) is 10.3 Å². The fourth-order valence-electron chi connectivity index (χ4n) is 1.59. The van der Waals surface area contributed by atoms with E-state index in [4.69, 9.17) is 0 Å². The standard InChI is InChI=1S/C9H6BrF3N2O/c1-3-5(9(11,12)13)6(10)4(2)8-7(3)14-16-15-8/h1-2H3. The van der Waals surface area contributed by atoms with Gasteiger partial charge in [-0.3, -0.25) is 0 Å². The van der Waals surface area contributed by atoms with E-state index < -0.39 is 11.7 Å². The lowest BCUT2D eigenvalue weighted by molar-refractivity contribution is -0.138. The molecule has 2 rings (SSSR count). The Bertz CT molecular complexity index is 562. The lowest BCUT2D eigenvalue weighted by atomic mass is 10.0. The topological polar surface area (TPSA) is 38.9 Å². The van der Waals surface area contributed by atoms with Crippen molar-refractivity contribution in [1.29, 1.82) is 0 Å². The molecule has 0 aliphatic rings. The molecular formula is C9H6BrF3N2O. The van der Waals surface area contributed by atoms with Crippen LogP contribution < -0.4 is 0 Å². The van der Waals surface area contributed by atoms with Gasteiger partial charge in [0.15, 0.2) is 0 Å². The normalized spacial score (nSPS) is 12.4. The van der Waals surface area contributed by atoms with Gasteiger partial charge in [-0.2, -0.15) is 13.2 Å². The predicted molar refractivity (Wildman–Crippen MR) is 54.0 cm³/mol. The molecule has 1 heterocycles. The van der Waals surface area contributed by atoms with Gasteiger partial charge in [0.2, 0.25) is 0 Å². The van der Waals surface area contributed by atoms with Gasteiger partial charge in [-0.15, -0.1) is 0 Å². The maximum Gasteiger partial charge on any atom is 0.417 e. The van der Waals surface area contributed by atoms with Crippen LogP contribution in [0, 0.1) is 13.8 Å². The number of fused-ring (bicyclic) bond motifs is 1. The first-order chi connectivity index (χ1) is 7.34. The summed E-state index contributed by atoms with van der Waals surface area (Å²) in [5.41, 5.74) is 0.147. The van der Waals surface area contributed by atoms with Crippen molar-refractivity contribution in [3.63, 3.8) is 0 Å². The maximum absolute atomic E-state index is 12.8. The third kappa shape index (κ3) is 1.50. The molecule has 0 aliphatic carbocycles. The highest BCUT2D eigenvalue weighted by molar-refractivity contribution is 9.10. The Labute approximate surface area is 96.7 Å². The molecule has 0 spiro atoms. The molecule has 1 aromatic carbocycles. The Morgan fingerprint density at radius 2 is 1.56 bits per heavy atom. The number of alkyl halides is 3. The molecule has 3 nitrogen and oxygen atoms in total. The molecule has 2 aromatic rings. The van der Waals surface area contributed by atoms with Crippen LogP contribution in [0.4, 0.5) is 13.2 Å². The number of aromatic nitrogens is 2. The summed E-state index contributed by atoms with van der Waals surface area (Å²) in [4.78, 5) is 0. The first-order valence-corrected chi connectivity index (χ1v) is 5.11. The highest BCUT2D eigenvalue weighted by atomic mass is 79.9. The second-order valence-corrected chi connectivity index (χ2v) is 4.19. The molecule has 0 atom stereocenters. The fourth-order valence-corrected chi connectivity index (χ4v) is 2.30. The largest absolute Gasteiger partial charge is 0.417 e. The number of halogens is 4.